The normalized spacial score (nSPS) is 21.7. The molecule has 3 rings (SSSR count). The van der Waals surface area contributed by atoms with Gasteiger partial charge < -0.3 is 10.0 Å². The summed E-state index contributed by atoms with van der Waals surface area (Å²) in [4.78, 5) is 18.6. The zero-order valence-corrected chi connectivity index (χ0v) is 16.4. The van der Waals surface area contributed by atoms with Gasteiger partial charge in [-0.2, -0.15) is 0 Å². The number of hydrogen-bond donors (Lipinski definition) is 1. The first kappa shape index (κ1) is 18.7. The second-order valence-corrected chi connectivity index (χ2v) is 8.78. The van der Waals surface area contributed by atoms with Gasteiger partial charge in [0.15, 0.2) is 0 Å². The zero-order chi connectivity index (χ0) is 17.8. The van der Waals surface area contributed by atoms with E-state index in [4.69, 9.17) is 11.6 Å². The summed E-state index contributed by atoms with van der Waals surface area (Å²) in [5.41, 5.74) is 1.72. The molecule has 0 radical (unpaired) electrons. The van der Waals surface area contributed by atoms with Gasteiger partial charge in [-0.15, -0.1) is 22.9 Å². The fourth-order valence-electron chi connectivity index (χ4n) is 3.02. The minimum atomic E-state index is -0.463. The number of thioether (sulfide) groups is 1. The molecule has 1 aromatic heterocycles. The summed E-state index contributed by atoms with van der Waals surface area (Å²) in [6.45, 7) is 1.94. The molecule has 3 unspecified atom stereocenters. The van der Waals surface area contributed by atoms with Gasteiger partial charge in [-0.25, -0.2) is 4.98 Å². The van der Waals surface area contributed by atoms with E-state index in [0.29, 0.717) is 12.8 Å². The van der Waals surface area contributed by atoms with Crippen LogP contribution in [0.4, 0.5) is 5.69 Å². The van der Waals surface area contributed by atoms with Crippen molar-refractivity contribution < 1.29 is 9.90 Å². The van der Waals surface area contributed by atoms with Gasteiger partial charge in [0.05, 0.1) is 6.10 Å². The number of thiazole rings is 1. The minimum Gasteiger partial charge on any atom is -0.388 e. The van der Waals surface area contributed by atoms with Crippen LogP contribution in [-0.4, -0.2) is 33.2 Å². The number of aliphatic hydroxyl groups excluding tert-OH is 1. The topological polar surface area (TPSA) is 53.4 Å². The Kier molecular flexibility index (Phi) is 6.39. The Balaban J connectivity index is 1.68. The number of carbonyl (C=O) groups excluding carboxylic acids is 1. The molecule has 0 aliphatic carbocycles. The third kappa shape index (κ3) is 4.37. The van der Waals surface area contributed by atoms with Crippen LogP contribution in [0.1, 0.15) is 37.9 Å². The van der Waals surface area contributed by atoms with Gasteiger partial charge in [-0.05, 0) is 37.0 Å². The Morgan fingerprint density at radius 1 is 1.44 bits per heavy atom. The monoisotopic (exact) mass is 396 g/mol. The van der Waals surface area contributed by atoms with Crippen molar-refractivity contribution in [2.45, 2.75) is 48.0 Å². The van der Waals surface area contributed by atoms with Crippen LogP contribution >= 0.6 is 34.7 Å². The molecule has 0 bridgehead atoms. The molecule has 0 saturated carbocycles. The van der Waals surface area contributed by atoms with Gasteiger partial charge in [0, 0.05) is 29.1 Å². The molecule has 1 saturated heterocycles. The average Bonchev–Trinajstić information content (AvgIpc) is 3.23. The third-order valence-corrected chi connectivity index (χ3v) is 6.74. The van der Waals surface area contributed by atoms with E-state index in [2.05, 4.69) is 4.98 Å². The molecule has 0 spiro atoms. The molecule has 25 heavy (non-hydrogen) atoms. The van der Waals surface area contributed by atoms with E-state index in [1.165, 1.54) is 0 Å². The van der Waals surface area contributed by atoms with Crippen LogP contribution in [0.2, 0.25) is 0 Å². The lowest BCUT2D eigenvalue weighted by Crippen LogP contribution is -2.34. The van der Waals surface area contributed by atoms with E-state index in [9.17, 15) is 9.90 Å². The van der Waals surface area contributed by atoms with E-state index in [1.54, 1.807) is 29.3 Å². The number of amides is 1. The molecule has 1 aromatic carbocycles. The van der Waals surface area contributed by atoms with Crippen LogP contribution in [0.15, 0.2) is 40.2 Å². The molecular formula is C18H21ClN2O2S2. The van der Waals surface area contributed by atoms with Crippen LogP contribution in [0.25, 0.3) is 0 Å². The molecule has 4 nitrogen and oxygen atoms in total. The number of alkyl halides is 1. The van der Waals surface area contributed by atoms with Gasteiger partial charge in [0.1, 0.15) is 9.72 Å². The van der Waals surface area contributed by atoms with Crippen molar-refractivity contribution in [3.8, 4) is 0 Å². The number of aliphatic hydroxyl groups is 1. The molecule has 134 valence electrons. The zero-order valence-electron chi connectivity index (χ0n) is 14.0. The highest BCUT2D eigenvalue weighted by atomic mass is 35.5. The summed E-state index contributed by atoms with van der Waals surface area (Å²) in [7, 11) is 0. The fourth-order valence-corrected chi connectivity index (χ4v) is 5.08. The molecule has 2 heterocycles. The fraction of sp³-hybridized carbons (Fsp3) is 0.444. The van der Waals surface area contributed by atoms with Gasteiger partial charge in [-0.1, -0.05) is 30.8 Å². The minimum absolute atomic E-state index is 0.0327. The first-order chi connectivity index (χ1) is 12.1. The third-order valence-electron chi connectivity index (χ3n) is 4.38. The number of aromatic nitrogens is 1. The number of hydrogen-bond acceptors (Lipinski definition) is 5. The lowest BCUT2D eigenvalue weighted by Gasteiger charge is -2.25. The summed E-state index contributed by atoms with van der Waals surface area (Å²) in [5, 5.41) is 11.4. The maximum absolute atomic E-state index is 12.5. The summed E-state index contributed by atoms with van der Waals surface area (Å²) in [5.74, 6) is 0.868. The average molecular weight is 397 g/mol. The molecule has 1 aliphatic heterocycles. The molecule has 1 amide bonds. The molecule has 1 aliphatic rings. The van der Waals surface area contributed by atoms with Gasteiger partial charge >= 0.3 is 0 Å². The number of nitrogens with zero attached hydrogens (tertiary/aromatic N) is 2. The van der Waals surface area contributed by atoms with Crippen molar-refractivity contribution in [2.75, 3.05) is 10.7 Å². The Hall–Kier alpha value is -1.08. The standard InChI is InChI=1S/C18H21ClN2O2S2/c1-2-16(22)12-3-5-13(6-4-12)21-14(11-15(19)17(21)23)7-9-24-18-20-8-10-25-18/h3-6,8,10,14-16,22H,2,7,9,11H2,1H3. The maximum atomic E-state index is 12.5. The highest BCUT2D eigenvalue weighted by Gasteiger charge is 2.38. The number of rotatable bonds is 7. The highest BCUT2D eigenvalue weighted by molar-refractivity contribution is 8.00. The second kappa shape index (κ2) is 8.54. The van der Waals surface area contributed by atoms with Gasteiger partial charge in [0.2, 0.25) is 5.91 Å². The van der Waals surface area contributed by atoms with Gasteiger partial charge in [0.25, 0.3) is 0 Å². The van der Waals surface area contributed by atoms with Crippen molar-refractivity contribution in [1.82, 2.24) is 4.98 Å². The highest BCUT2D eigenvalue weighted by Crippen LogP contribution is 2.33. The van der Waals surface area contributed by atoms with E-state index >= 15 is 0 Å². The van der Waals surface area contributed by atoms with Crippen LogP contribution in [0, 0.1) is 0 Å². The first-order valence-corrected chi connectivity index (χ1v) is 10.7. The molecular weight excluding hydrogens is 376 g/mol. The Bertz CT molecular complexity index is 694. The molecule has 3 atom stereocenters. The van der Waals surface area contributed by atoms with Crippen molar-refractivity contribution in [1.29, 1.82) is 0 Å². The summed E-state index contributed by atoms with van der Waals surface area (Å²) < 4.78 is 1.05. The maximum Gasteiger partial charge on any atom is 0.245 e. The second-order valence-electron chi connectivity index (χ2n) is 6.02. The Labute approximate surface area is 161 Å². The Morgan fingerprint density at radius 3 is 2.84 bits per heavy atom. The quantitative estimate of drug-likeness (QED) is 0.553. The van der Waals surface area contributed by atoms with E-state index in [-0.39, 0.29) is 11.9 Å². The largest absolute Gasteiger partial charge is 0.388 e. The summed E-state index contributed by atoms with van der Waals surface area (Å²) >= 11 is 9.58. The van der Waals surface area contributed by atoms with Crippen LogP contribution in [-0.2, 0) is 4.79 Å². The number of benzene rings is 1. The van der Waals surface area contributed by atoms with Crippen molar-refractivity contribution in [3.63, 3.8) is 0 Å². The summed E-state index contributed by atoms with van der Waals surface area (Å²) in [6, 6.07) is 7.69. The SMILES string of the molecule is CCC(O)c1ccc(N2C(=O)C(Cl)CC2CCSc2nccs2)cc1. The van der Waals surface area contributed by atoms with Crippen molar-refractivity contribution in [2.24, 2.45) is 0 Å². The van der Waals surface area contributed by atoms with Crippen LogP contribution in [0.5, 0.6) is 0 Å². The van der Waals surface area contributed by atoms with Crippen LogP contribution < -0.4 is 4.90 Å². The lowest BCUT2D eigenvalue weighted by molar-refractivity contribution is -0.116. The van der Waals surface area contributed by atoms with Crippen LogP contribution in [0.3, 0.4) is 0 Å². The van der Waals surface area contributed by atoms with Crippen molar-refractivity contribution >= 4 is 46.3 Å². The van der Waals surface area contributed by atoms with E-state index in [0.717, 1.165) is 27.8 Å². The van der Waals surface area contributed by atoms with Crippen molar-refractivity contribution in [3.05, 3.63) is 41.4 Å². The molecule has 7 heteroatoms. The number of carbonyl (C=O) groups is 1. The van der Waals surface area contributed by atoms with Gasteiger partial charge in [-0.3, -0.25) is 4.79 Å². The predicted octanol–water partition coefficient (Wildman–Crippen LogP) is 4.48. The van der Waals surface area contributed by atoms with E-state index in [1.807, 2.05) is 41.5 Å². The number of halogens is 1. The lowest BCUT2D eigenvalue weighted by atomic mass is 10.1. The number of anilines is 1. The first-order valence-electron chi connectivity index (χ1n) is 8.37. The Morgan fingerprint density at radius 2 is 2.20 bits per heavy atom. The predicted molar refractivity (Wildman–Crippen MR) is 105 cm³/mol. The smallest absolute Gasteiger partial charge is 0.245 e. The molecule has 1 N–H and O–H groups in total. The molecule has 2 aromatic rings. The summed E-state index contributed by atoms with van der Waals surface area (Å²) in [6.07, 6.45) is 3.55. The van der Waals surface area contributed by atoms with E-state index < -0.39 is 11.5 Å². The molecule has 1 fully saturated rings.